The second-order valence-corrected chi connectivity index (χ2v) is 6.25. The average Bonchev–Trinajstić information content (AvgIpc) is 2.69. The summed E-state index contributed by atoms with van der Waals surface area (Å²) < 4.78 is 7.21. The van der Waals surface area contributed by atoms with Crippen molar-refractivity contribution in [1.82, 2.24) is 9.78 Å². The molecule has 18 heavy (non-hydrogen) atoms. The molecule has 2 rings (SSSR count). The van der Waals surface area contributed by atoms with Crippen molar-refractivity contribution in [3.8, 4) is 5.75 Å². The molecule has 0 bridgehead atoms. The topological polar surface area (TPSA) is 53.1 Å². The Balaban J connectivity index is 2.12. The van der Waals surface area contributed by atoms with Gasteiger partial charge in [0.1, 0.15) is 0 Å². The van der Waals surface area contributed by atoms with E-state index in [1.165, 1.54) is 25.7 Å². The maximum atomic E-state index is 6.44. The molecule has 0 amide bonds. The largest absolute Gasteiger partial charge is 0.493 e. The number of nitrogens with zero attached hydrogens (tertiary/aromatic N) is 2. The molecule has 1 saturated carbocycles. The van der Waals surface area contributed by atoms with Crippen LogP contribution < -0.4 is 10.5 Å². The number of hydrogen-bond donors (Lipinski definition) is 1. The minimum absolute atomic E-state index is 0.0311. The van der Waals surface area contributed by atoms with Crippen molar-refractivity contribution in [2.45, 2.75) is 45.6 Å². The summed E-state index contributed by atoms with van der Waals surface area (Å²) in [4.78, 5) is 0. The average molecular weight is 251 g/mol. The number of ether oxygens (including phenoxy) is 1. The van der Waals surface area contributed by atoms with Gasteiger partial charge in [0.2, 0.25) is 0 Å². The normalized spacial score (nSPS) is 21.8. The molecular weight excluding hydrogens is 226 g/mol. The molecule has 1 atom stereocenters. The molecular formula is C14H25N3O. The van der Waals surface area contributed by atoms with Gasteiger partial charge in [-0.15, -0.1) is 0 Å². The first-order valence-electron chi connectivity index (χ1n) is 6.76. The molecule has 1 fully saturated rings. The molecule has 1 unspecified atom stereocenters. The number of methoxy groups -OCH3 is 1. The number of aryl methyl sites for hydroxylation is 1. The molecule has 1 aromatic rings. The van der Waals surface area contributed by atoms with Gasteiger partial charge in [-0.1, -0.05) is 13.8 Å². The summed E-state index contributed by atoms with van der Waals surface area (Å²) in [6.07, 6.45) is 6.66. The lowest BCUT2D eigenvalue weighted by Gasteiger charge is -2.36. The van der Waals surface area contributed by atoms with Crippen molar-refractivity contribution in [1.29, 1.82) is 0 Å². The van der Waals surface area contributed by atoms with Gasteiger partial charge in [0, 0.05) is 7.05 Å². The van der Waals surface area contributed by atoms with E-state index in [2.05, 4.69) is 18.9 Å². The minimum Gasteiger partial charge on any atom is -0.493 e. The second kappa shape index (κ2) is 4.92. The zero-order valence-electron chi connectivity index (χ0n) is 11.9. The third-order valence-corrected chi connectivity index (χ3v) is 4.38. The lowest BCUT2D eigenvalue weighted by molar-refractivity contribution is 0.170. The molecule has 4 heteroatoms. The SMILES string of the molecule is COc1cnn(C)c1C(N)C1CCC(C)(C)CC1. The van der Waals surface area contributed by atoms with Crippen molar-refractivity contribution in [3.05, 3.63) is 11.9 Å². The summed E-state index contributed by atoms with van der Waals surface area (Å²) in [5, 5.41) is 4.24. The van der Waals surface area contributed by atoms with Gasteiger partial charge in [0.05, 0.1) is 25.0 Å². The van der Waals surface area contributed by atoms with Gasteiger partial charge in [0.25, 0.3) is 0 Å². The molecule has 1 aliphatic carbocycles. The lowest BCUT2D eigenvalue weighted by atomic mass is 9.71. The van der Waals surface area contributed by atoms with Crippen molar-refractivity contribution < 1.29 is 4.74 Å². The van der Waals surface area contributed by atoms with Gasteiger partial charge in [0.15, 0.2) is 5.75 Å². The summed E-state index contributed by atoms with van der Waals surface area (Å²) >= 11 is 0. The maximum Gasteiger partial charge on any atom is 0.161 e. The summed E-state index contributed by atoms with van der Waals surface area (Å²) in [6.45, 7) is 4.69. The van der Waals surface area contributed by atoms with E-state index < -0.39 is 0 Å². The van der Waals surface area contributed by atoms with Crippen LogP contribution in [0.2, 0.25) is 0 Å². The molecule has 0 saturated heterocycles. The Labute approximate surface area is 110 Å². The summed E-state index contributed by atoms with van der Waals surface area (Å²) in [7, 11) is 3.61. The summed E-state index contributed by atoms with van der Waals surface area (Å²) in [5.41, 5.74) is 7.95. The Bertz CT molecular complexity index is 401. The van der Waals surface area contributed by atoms with Crippen LogP contribution >= 0.6 is 0 Å². The van der Waals surface area contributed by atoms with E-state index in [1.807, 2.05) is 11.7 Å². The van der Waals surface area contributed by atoms with E-state index in [4.69, 9.17) is 10.5 Å². The highest BCUT2D eigenvalue weighted by atomic mass is 16.5. The number of hydrogen-bond acceptors (Lipinski definition) is 3. The zero-order valence-corrected chi connectivity index (χ0v) is 11.9. The highest BCUT2D eigenvalue weighted by molar-refractivity contribution is 5.28. The summed E-state index contributed by atoms with van der Waals surface area (Å²) in [6, 6.07) is 0.0311. The second-order valence-electron chi connectivity index (χ2n) is 6.25. The van der Waals surface area contributed by atoms with Gasteiger partial charge < -0.3 is 10.5 Å². The van der Waals surface area contributed by atoms with Crippen molar-refractivity contribution in [3.63, 3.8) is 0 Å². The van der Waals surface area contributed by atoms with Crippen LogP contribution in [0.5, 0.6) is 5.75 Å². The fourth-order valence-corrected chi connectivity index (χ4v) is 2.97. The first kappa shape index (κ1) is 13.4. The van der Waals surface area contributed by atoms with E-state index in [0.29, 0.717) is 11.3 Å². The van der Waals surface area contributed by atoms with Gasteiger partial charge in [-0.2, -0.15) is 5.10 Å². The Morgan fingerprint density at radius 3 is 2.61 bits per heavy atom. The third kappa shape index (κ3) is 2.53. The van der Waals surface area contributed by atoms with Gasteiger partial charge in [-0.3, -0.25) is 4.68 Å². The van der Waals surface area contributed by atoms with Crippen molar-refractivity contribution >= 4 is 0 Å². The standard InChI is InChI=1S/C14H25N3O/c1-14(2)7-5-10(6-8-14)12(15)13-11(18-4)9-16-17(13)3/h9-10,12H,5-8,15H2,1-4H3. The number of aromatic nitrogens is 2. The monoisotopic (exact) mass is 251 g/mol. The Hall–Kier alpha value is -1.03. The minimum atomic E-state index is 0.0311. The highest BCUT2D eigenvalue weighted by Crippen LogP contribution is 2.43. The molecule has 2 N–H and O–H groups in total. The van der Waals surface area contributed by atoms with Gasteiger partial charge in [-0.25, -0.2) is 0 Å². The van der Waals surface area contributed by atoms with Crippen LogP contribution in [0.4, 0.5) is 0 Å². The first-order valence-corrected chi connectivity index (χ1v) is 6.76. The van der Waals surface area contributed by atoms with Crippen LogP contribution in [0.25, 0.3) is 0 Å². The molecule has 4 nitrogen and oxygen atoms in total. The molecule has 0 spiro atoms. The van der Waals surface area contributed by atoms with E-state index in [9.17, 15) is 0 Å². The Kier molecular flexibility index (Phi) is 3.66. The molecule has 0 aliphatic heterocycles. The van der Waals surface area contributed by atoms with Gasteiger partial charge in [-0.05, 0) is 37.0 Å². The predicted octanol–water partition coefficient (Wildman–Crippen LogP) is 2.64. The van der Waals surface area contributed by atoms with E-state index in [-0.39, 0.29) is 6.04 Å². The van der Waals surface area contributed by atoms with Crippen LogP contribution in [-0.4, -0.2) is 16.9 Å². The maximum absolute atomic E-state index is 6.44. The highest BCUT2D eigenvalue weighted by Gasteiger charge is 2.32. The number of nitrogens with two attached hydrogens (primary N) is 1. The Morgan fingerprint density at radius 2 is 2.06 bits per heavy atom. The van der Waals surface area contributed by atoms with Gasteiger partial charge >= 0.3 is 0 Å². The third-order valence-electron chi connectivity index (χ3n) is 4.38. The molecule has 0 radical (unpaired) electrons. The van der Waals surface area contributed by atoms with E-state index in [0.717, 1.165) is 11.4 Å². The quantitative estimate of drug-likeness (QED) is 0.898. The van der Waals surface area contributed by atoms with E-state index >= 15 is 0 Å². The molecule has 1 heterocycles. The lowest BCUT2D eigenvalue weighted by Crippen LogP contribution is -2.30. The fourth-order valence-electron chi connectivity index (χ4n) is 2.97. The molecule has 1 aliphatic rings. The van der Waals surface area contributed by atoms with Crippen LogP contribution in [0.15, 0.2) is 6.20 Å². The first-order chi connectivity index (χ1) is 8.44. The Morgan fingerprint density at radius 1 is 1.44 bits per heavy atom. The van der Waals surface area contributed by atoms with Crippen molar-refractivity contribution in [2.24, 2.45) is 24.1 Å². The van der Waals surface area contributed by atoms with Crippen LogP contribution in [0.3, 0.4) is 0 Å². The van der Waals surface area contributed by atoms with Crippen LogP contribution in [-0.2, 0) is 7.05 Å². The molecule has 102 valence electrons. The van der Waals surface area contributed by atoms with Crippen molar-refractivity contribution in [2.75, 3.05) is 7.11 Å². The molecule has 1 aromatic heterocycles. The van der Waals surface area contributed by atoms with E-state index in [1.54, 1.807) is 13.3 Å². The van der Waals surface area contributed by atoms with Crippen LogP contribution in [0.1, 0.15) is 51.3 Å². The summed E-state index contributed by atoms with van der Waals surface area (Å²) in [5.74, 6) is 1.36. The fraction of sp³-hybridized carbons (Fsp3) is 0.786. The zero-order chi connectivity index (χ0) is 13.3. The molecule has 0 aromatic carbocycles. The predicted molar refractivity (Wildman–Crippen MR) is 72.4 cm³/mol. The number of rotatable bonds is 3. The van der Waals surface area contributed by atoms with Crippen LogP contribution in [0, 0.1) is 11.3 Å². The smallest absolute Gasteiger partial charge is 0.161 e.